The molecule has 0 heterocycles. The number of rotatable bonds is 15. The van der Waals surface area contributed by atoms with Gasteiger partial charge in [-0.15, -0.1) is 0 Å². The van der Waals surface area contributed by atoms with Crippen LogP contribution in [0.25, 0.3) is 0 Å². The van der Waals surface area contributed by atoms with Crippen LogP contribution in [0.1, 0.15) is 84.0 Å². The second-order valence-electron chi connectivity index (χ2n) is 6.18. The number of carbonyl (C=O) groups excluding carboxylic acids is 2. The Morgan fingerprint density at radius 3 is 1.64 bits per heavy atom. The van der Waals surface area contributed by atoms with Gasteiger partial charge in [0.25, 0.3) is 0 Å². The van der Waals surface area contributed by atoms with Gasteiger partial charge < -0.3 is 9.47 Å². The van der Waals surface area contributed by atoms with Crippen LogP contribution in [0.4, 0.5) is 13.2 Å². The molecule has 25 heavy (non-hydrogen) atoms. The fourth-order valence-electron chi connectivity index (χ4n) is 2.29. The molecule has 0 spiro atoms. The Labute approximate surface area is 148 Å². The van der Waals surface area contributed by atoms with E-state index >= 15 is 0 Å². The van der Waals surface area contributed by atoms with Crippen molar-refractivity contribution in [2.75, 3.05) is 13.2 Å². The molecule has 0 aromatic rings. The number of halogens is 3. The summed E-state index contributed by atoms with van der Waals surface area (Å²) in [5, 5.41) is 0. The van der Waals surface area contributed by atoms with Crippen molar-refractivity contribution in [3.63, 3.8) is 0 Å². The minimum Gasteiger partial charge on any atom is -0.466 e. The van der Waals surface area contributed by atoms with Crippen molar-refractivity contribution in [1.82, 2.24) is 0 Å². The molecule has 0 aliphatic heterocycles. The summed E-state index contributed by atoms with van der Waals surface area (Å²) in [6.45, 7) is 0.860. The molecule has 0 N–H and O–H groups in total. The molecule has 0 saturated heterocycles. The third-order valence-electron chi connectivity index (χ3n) is 3.69. The molecule has 0 aliphatic carbocycles. The number of hydrogen-bond donors (Lipinski definition) is 0. The van der Waals surface area contributed by atoms with E-state index in [1.54, 1.807) is 0 Å². The topological polar surface area (TPSA) is 52.6 Å². The van der Waals surface area contributed by atoms with Crippen molar-refractivity contribution in [3.05, 3.63) is 0 Å². The van der Waals surface area contributed by atoms with Crippen LogP contribution in [0.5, 0.6) is 0 Å². The summed E-state index contributed by atoms with van der Waals surface area (Å²) in [6.07, 6.45) is 6.54. The molecular formula is C18H31F3O4. The Morgan fingerprint density at radius 1 is 0.720 bits per heavy atom. The summed E-state index contributed by atoms with van der Waals surface area (Å²) in [6, 6.07) is 0. The Kier molecular flexibility index (Phi) is 14.3. The Hall–Kier alpha value is -1.27. The lowest BCUT2D eigenvalue weighted by atomic mass is 10.1. The molecule has 0 amide bonds. The summed E-state index contributed by atoms with van der Waals surface area (Å²) < 4.78 is 44.4. The predicted octanol–water partition coefficient (Wildman–Crippen LogP) is 5.34. The molecule has 0 aromatic carbocycles. The summed E-state index contributed by atoms with van der Waals surface area (Å²) in [7, 11) is 0. The molecular weight excluding hydrogens is 337 g/mol. The van der Waals surface area contributed by atoms with Gasteiger partial charge in [-0.05, 0) is 6.42 Å². The summed E-state index contributed by atoms with van der Waals surface area (Å²) in [5.41, 5.74) is 0. The molecule has 0 radical (unpaired) electrons. The Morgan fingerprint density at radius 2 is 1.16 bits per heavy atom. The van der Waals surface area contributed by atoms with Crippen LogP contribution in [0.2, 0.25) is 0 Å². The van der Waals surface area contributed by atoms with Gasteiger partial charge in [0.1, 0.15) is 0 Å². The first-order chi connectivity index (χ1) is 11.8. The van der Waals surface area contributed by atoms with Gasteiger partial charge in [-0.2, -0.15) is 13.2 Å². The van der Waals surface area contributed by atoms with Gasteiger partial charge in [0.2, 0.25) is 0 Å². The quantitative estimate of drug-likeness (QED) is 0.289. The van der Waals surface area contributed by atoms with Gasteiger partial charge >= 0.3 is 18.1 Å². The highest BCUT2D eigenvalue weighted by molar-refractivity contribution is 5.77. The highest BCUT2D eigenvalue weighted by Crippen LogP contribution is 2.15. The van der Waals surface area contributed by atoms with E-state index in [-0.39, 0.29) is 13.0 Å². The van der Waals surface area contributed by atoms with E-state index < -0.39 is 31.1 Å². The van der Waals surface area contributed by atoms with E-state index in [1.807, 2.05) is 0 Å². The van der Waals surface area contributed by atoms with Gasteiger partial charge in [0, 0.05) is 0 Å². The second kappa shape index (κ2) is 15.0. The highest BCUT2D eigenvalue weighted by atomic mass is 19.4. The SMILES string of the molecule is CCCCCCCCCCCCOC(=O)CCC(=O)OCC(F)(F)F. The normalized spacial score (nSPS) is 11.4. The van der Waals surface area contributed by atoms with E-state index in [9.17, 15) is 22.8 Å². The Bertz CT molecular complexity index is 357. The third kappa shape index (κ3) is 18.9. The van der Waals surface area contributed by atoms with E-state index in [1.165, 1.54) is 44.9 Å². The largest absolute Gasteiger partial charge is 0.466 e. The molecule has 0 atom stereocenters. The fraction of sp³-hybridized carbons (Fsp3) is 0.889. The third-order valence-corrected chi connectivity index (χ3v) is 3.69. The smallest absolute Gasteiger partial charge is 0.422 e. The standard InChI is InChI=1S/C18H31F3O4/c1-2-3-4-5-6-7-8-9-10-11-14-24-16(22)12-13-17(23)25-15-18(19,20)21/h2-15H2,1H3. The Balaban J connectivity index is 3.37. The summed E-state index contributed by atoms with van der Waals surface area (Å²) >= 11 is 0. The number of esters is 2. The first-order valence-electron chi connectivity index (χ1n) is 9.23. The molecule has 4 nitrogen and oxygen atoms in total. The maximum absolute atomic E-state index is 11.8. The van der Waals surface area contributed by atoms with E-state index in [4.69, 9.17) is 4.74 Å². The maximum Gasteiger partial charge on any atom is 0.422 e. The molecule has 0 bridgehead atoms. The molecule has 148 valence electrons. The van der Waals surface area contributed by atoms with Crippen LogP contribution in [0, 0.1) is 0 Å². The lowest BCUT2D eigenvalue weighted by molar-refractivity contribution is -0.186. The van der Waals surface area contributed by atoms with E-state index in [0.717, 1.165) is 19.3 Å². The number of hydrogen-bond acceptors (Lipinski definition) is 4. The molecule has 7 heteroatoms. The van der Waals surface area contributed by atoms with E-state index in [2.05, 4.69) is 11.7 Å². The van der Waals surface area contributed by atoms with Crippen LogP contribution in [-0.4, -0.2) is 31.3 Å². The summed E-state index contributed by atoms with van der Waals surface area (Å²) in [5.74, 6) is -1.63. The van der Waals surface area contributed by atoms with E-state index in [0.29, 0.717) is 0 Å². The van der Waals surface area contributed by atoms with Crippen LogP contribution in [0.3, 0.4) is 0 Å². The van der Waals surface area contributed by atoms with Crippen molar-refractivity contribution in [2.24, 2.45) is 0 Å². The van der Waals surface area contributed by atoms with Gasteiger partial charge in [-0.3, -0.25) is 9.59 Å². The lowest BCUT2D eigenvalue weighted by Crippen LogP contribution is -2.20. The van der Waals surface area contributed by atoms with Crippen molar-refractivity contribution in [1.29, 1.82) is 0 Å². The molecule has 0 aliphatic rings. The first-order valence-corrected chi connectivity index (χ1v) is 9.23. The first kappa shape index (κ1) is 23.7. The predicted molar refractivity (Wildman–Crippen MR) is 89.1 cm³/mol. The average molecular weight is 368 g/mol. The molecule has 0 unspecified atom stereocenters. The fourth-order valence-corrected chi connectivity index (χ4v) is 2.29. The van der Waals surface area contributed by atoms with Gasteiger partial charge in [-0.25, -0.2) is 0 Å². The molecule has 0 aromatic heterocycles. The zero-order chi connectivity index (χ0) is 19.0. The molecule has 0 fully saturated rings. The van der Waals surface area contributed by atoms with Crippen molar-refractivity contribution >= 4 is 11.9 Å². The van der Waals surface area contributed by atoms with Gasteiger partial charge in [-0.1, -0.05) is 64.7 Å². The zero-order valence-electron chi connectivity index (χ0n) is 15.2. The molecule has 0 saturated carbocycles. The summed E-state index contributed by atoms with van der Waals surface area (Å²) in [4.78, 5) is 22.4. The minimum atomic E-state index is -4.55. The van der Waals surface area contributed by atoms with Gasteiger partial charge in [0.05, 0.1) is 19.4 Å². The van der Waals surface area contributed by atoms with Gasteiger partial charge in [0.15, 0.2) is 6.61 Å². The lowest BCUT2D eigenvalue weighted by Gasteiger charge is -2.08. The molecule has 0 rings (SSSR count). The number of carbonyl (C=O) groups is 2. The number of ether oxygens (including phenoxy) is 2. The number of unbranched alkanes of at least 4 members (excludes halogenated alkanes) is 9. The van der Waals surface area contributed by atoms with Crippen LogP contribution in [-0.2, 0) is 19.1 Å². The highest BCUT2D eigenvalue weighted by Gasteiger charge is 2.29. The van der Waals surface area contributed by atoms with Crippen molar-refractivity contribution in [3.8, 4) is 0 Å². The maximum atomic E-state index is 11.8. The van der Waals surface area contributed by atoms with Crippen LogP contribution >= 0.6 is 0 Å². The minimum absolute atomic E-state index is 0.256. The second-order valence-corrected chi connectivity index (χ2v) is 6.18. The average Bonchev–Trinajstić information content (AvgIpc) is 2.55. The number of alkyl halides is 3. The van der Waals surface area contributed by atoms with Crippen molar-refractivity contribution in [2.45, 2.75) is 90.1 Å². The monoisotopic (exact) mass is 368 g/mol. The van der Waals surface area contributed by atoms with Crippen molar-refractivity contribution < 1.29 is 32.2 Å². The van der Waals surface area contributed by atoms with Crippen LogP contribution in [0.15, 0.2) is 0 Å². The zero-order valence-corrected chi connectivity index (χ0v) is 15.2. The van der Waals surface area contributed by atoms with Crippen LogP contribution < -0.4 is 0 Å².